The monoisotopic (exact) mass is 296 g/mol. The van der Waals surface area contributed by atoms with E-state index in [-0.39, 0.29) is 24.0 Å². The summed E-state index contributed by atoms with van der Waals surface area (Å²) in [7, 11) is 1.58. The van der Waals surface area contributed by atoms with Crippen LogP contribution in [0, 0.1) is 10.1 Å². The van der Waals surface area contributed by atoms with E-state index >= 15 is 0 Å². The van der Waals surface area contributed by atoms with Gasteiger partial charge in [0.1, 0.15) is 6.20 Å². The number of amides is 1. The zero-order chi connectivity index (χ0) is 15.8. The summed E-state index contributed by atoms with van der Waals surface area (Å²) >= 11 is 0. The first kappa shape index (κ1) is 16.6. The molecule has 1 aromatic rings. The third-order valence-corrected chi connectivity index (χ3v) is 2.60. The predicted octanol–water partition coefficient (Wildman–Crippen LogP) is 0.779. The summed E-state index contributed by atoms with van der Waals surface area (Å²) in [6, 6.07) is 0. The third-order valence-electron chi connectivity index (χ3n) is 2.60. The van der Waals surface area contributed by atoms with Crippen molar-refractivity contribution in [3.63, 3.8) is 0 Å². The molecular formula is C12H20N6O3. The van der Waals surface area contributed by atoms with Crippen LogP contribution in [0.25, 0.3) is 0 Å². The lowest BCUT2D eigenvalue weighted by Gasteiger charge is -2.17. The molecule has 116 valence electrons. The van der Waals surface area contributed by atoms with Crippen LogP contribution >= 0.6 is 0 Å². The van der Waals surface area contributed by atoms with E-state index in [0.29, 0.717) is 19.0 Å². The van der Waals surface area contributed by atoms with Crippen molar-refractivity contribution < 1.29 is 9.72 Å². The highest BCUT2D eigenvalue weighted by molar-refractivity contribution is 5.81. The molecule has 0 atom stereocenters. The maximum atomic E-state index is 11.6. The number of nitrogens with zero attached hydrogens (tertiary/aromatic N) is 4. The van der Waals surface area contributed by atoms with Crippen molar-refractivity contribution in [1.82, 2.24) is 15.3 Å². The molecule has 0 aromatic carbocycles. The topological polar surface area (TPSA) is 113 Å². The molecule has 1 aromatic heterocycles. The number of carbonyl (C=O) groups excluding carboxylic acids is 1. The zero-order valence-electron chi connectivity index (χ0n) is 12.4. The van der Waals surface area contributed by atoms with E-state index in [1.165, 1.54) is 4.90 Å². The maximum absolute atomic E-state index is 11.6. The number of nitrogens with one attached hydrogen (secondary N) is 2. The van der Waals surface area contributed by atoms with Gasteiger partial charge in [-0.15, -0.1) is 0 Å². The molecule has 0 saturated heterocycles. The molecule has 0 radical (unpaired) electrons. The van der Waals surface area contributed by atoms with Crippen LogP contribution in [0.15, 0.2) is 6.20 Å². The first-order valence-corrected chi connectivity index (χ1v) is 6.72. The molecule has 0 bridgehead atoms. The molecule has 0 aliphatic rings. The minimum Gasteiger partial charge on any atom is -0.355 e. The van der Waals surface area contributed by atoms with Crippen molar-refractivity contribution >= 4 is 23.4 Å². The Labute approximate surface area is 122 Å². The number of nitro groups is 1. The fourth-order valence-electron chi connectivity index (χ4n) is 1.64. The number of rotatable bonds is 8. The van der Waals surface area contributed by atoms with E-state index in [0.717, 1.165) is 12.6 Å². The minimum atomic E-state index is -0.562. The maximum Gasteiger partial charge on any atom is 0.329 e. The fraction of sp³-hybridized carbons (Fsp3) is 0.583. The summed E-state index contributed by atoms with van der Waals surface area (Å²) in [5, 5.41) is 16.6. The third kappa shape index (κ3) is 4.86. The van der Waals surface area contributed by atoms with Gasteiger partial charge in [-0.2, -0.15) is 4.98 Å². The summed E-state index contributed by atoms with van der Waals surface area (Å²) in [6.07, 6.45) is 2.03. The van der Waals surface area contributed by atoms with Gasteiger partial charge in [-0.1, -0.05) is 6.92 Å². The van der Waals surface area contributed by atoms with E-state index in [4.69, 9.17) is 0 Å². The second kappa shape index (κ2) is 7.98. The van der Waals surface area contributed by atoms with E-state index < -0.39 is 4.92 Å². The molecule has 0 saturated carbocycles. The minimum absolute atomic E-state index is 0.0150. The van der Waals surface area contributed by atoms with E-state index in [9.17, 15) is 14.9 Å². The van der Waals surface area contributed by atoms with Crippen LogP contribution in [-0.2, 0) is 4.79 Å². The summed E-state index contributed by atoms with van der Waals surface area (Å²) in [5.41, 5.74) is -0.233. The highest BCUT2D eigenvalue weighted by atomic mass is 16.6. The summed E-state index contributed by atoms with van der Waals surface area (Å²) in [6.45, 7) is 4.94. The van der Waals surface area contributed by atoms with Gasteiger partial charge in [-0.3, -0.25) is 14.9 Å². The number of hydrogen-bond acceptors (Lipinski definition) is 7. The van der Waals surface area contributed by atoms with Gasteiger partial charge in [0.05, 0.1) is 11.5 Å². The molecule has 0 unspecified atom stereocenters. The standard InChI is InChI=1S/C12H20N6O3/c1-4-6-14-12-15-7-9(18(20)21)11(16-12)17(3)8-10(19)13-5-2/h7H,4-6,8H2,1-3H3,(H,13,19)(H,14,15,16). The first-order chi connectivity index (χ1) is 9.99. The van der Waals surface area contributed by atoms with Gasteiger partial charge in [0, 0.05) is 20.1 Å². The van der Waals surface area contributed by atoms with Gasteiger partial charge in [0.2, 0.25) is 17.7 Å². The Hall–Kier alpha value is -2.45. The van der Waals surface area contributed by atoms with Gasteiger partial charge in [0.25, 0.3) is 0 Å². The van der Waals surface area contributed by atoms with Crippen LogP contribution < -0.4 is 15.5 Å². The lowest BCUT2D eigenvalue weighted by atomic mass is 10.4. The smallest absolute Gasteiger partial charge is 0.329 e. The molecule has 2 N–H and O–H groups in total. The number of hydrogen-bond donors (Lipinski definition) is 2. The van der Waals surface area contributed by atoms with Gasteiger partial charge < -0.3 is 15.5 Å². The summed E-state index contributed by atoms with van der Waals surface area (Å²) in [5.74, 6) is 0.191. The largest absolute Gasteiger partial charge is 0.355 e. The Morgan fingerprint density at radius 1 is 1.48 bits per heavy atom. The number of anilines is 2. The van der Waals surface area contributed by atoms with Gasteiger partial charge in [0.15, 0.2) is 0 Å². The van der Waals surface area contributed by atoms with Crippen LogP contribution in [0.1, 0.15) is 20.3 Å². The predicted molar refractivity (Wildman–Crippen MR) is 79.4 cm³/mol. The van der Waals surface area contributed by atoms with E-state index in [1.807, 2.05) is 6.92 Å². The SMILES string of the molecule is CCCNc1ncc([N+](=O)[O-])c(N(C)CC(=O)NCC)n1. The molecule has 0 aliphatic heterocycles. The Balaban J connectivity index is 2.99. The van der Waals surface area contributed by atoms with Gasteiger partial charge in [-0.25, -0.2) is 4.98 Å². The summed E-state index contributed by atoms with van der Waals surface area (Å²) in [4.78, 5) is 31.5. The summed E-state index contributed by atoms with van der Waals surface area (Å²) < 4.78 is 0. The Kier molecular flexibility index (Phi) is 6.31. The second-order valence-electron chi connectivity index (χ2n) is 4.40. The number of aromatic nitrogens is 2. The lowest BCUT2D eigenvalue weighted by molar-refractivity contribution is -0.384. The van der Waals surface area contributed by atoms with Gasteiger partial charge in [-0.05, 0) is 13.3 Å². The van der Waals surface area contributed by atoms with Crippen molar-refractivity contribution in [2.75, 3.05) is 36.9 Å². The van der Waals surface area contributed by atoms with Crippen LogP contribution in [0.5, 0.6) is 0 Å². The normalized spacial score (nSPS) is 10.0. The molecule has 1 rings (SSSR count). The van der Waals surface area contributed by atoms with Crippen LogP contribution in [0.2, 0.25) is 0 Å². The van der Waals surface area contributed by atoms with Crippen LogP contribution in [0.3, 0.4) is 0 Å². The van der Waals surface area contributed by atoms with Gasteiger partial charge >= 0.3 is 5.69 Å². The number of carbonyl (C=O) groups is 1. The van der Waals surface area contributed by atoms with Crippen molar-refractivity contribution in [3.8, 4) is 0 Å². The number of likely N-dealkylation sites (N-methyl/N-ethyl adjacent to an activating group) is 2. The molecule has 9 nitrogen and oxygen atoms in total. The molecule has 9 heteroatoms. The highest BCUT2D eigenvalue weighted by Gasteiger charge is 2.22. The molecule has 21 heavy (non-hydrogen) atoms. The molecule has 0 spiro atoms. The van der Waals surface area contributed by atoms with Crippen molar-refractivity contribution in [1.29, 1.82) is 0 Å². The van der Waals surface area contributed by atoms with Crippen molar-refractivity contribution in [2.45, 2.75) is 20.3 Å². The molecule has 1 amide bonds. The Morgan fingerprint density at radius 2 is 2.19 bits per heavy atom. The molecular weight excluding hydrogens is 276 g/mol. The highest BCUT2D eigenvalue weighted by Crippen LogP contribution is 2.24. The molecule has 0 fully saturated rings. The molecule has 1 heterocycles. The average Bonchev–Trinajstić information content (AvgIpc) is 2.44. The first-order valence-electron chi connectivity index (χ1n) is 6.72. The Bertz CT molecular complexity index is 508. The lowest BCUT2D eigenvalue weighted by Crippen LogP contribution is -2.35. The van der Waals surface area contributed by atoms with Crippen molar-refractivity contribution in [3.05, 3.63) is 16.3 Å². The zero-order valence-corrected chi connectivity index (χ0v) is 12.4. The van der Waals surface area contributed by atoms with Crippen LogP contribution in [0.4, 0.5) is 17.5 Å². The van der Waals surface area contributed by atoms with E-state index in [2.05, 4.69) is 20.6 Å². The van der Waals surface area contributed by atoms with Crippen LogP contribution in [-0.4, -0.2) is 47.5 Å². The van der Waals surface area contributed by atoms with Crippen molar-refractivity contribution in [2.24, 2.45) is 0 Å². The quantitative estimate of drug-likeness (QED) is 0.538. The fourth-order valence-corrected chi connectivity index (χ4v) is 1.64. The average molecular weight is 296 g/mol. The Morgan fingerprint density at radius 3 is 2.76 bits per heavy atom. The molecule has 0 aliphatic carbocycles. The second-order valence-corrected chi connectivity index (χ2v) is 4.40. The van der Waals surface area contributed by atoms with E-state index in [1.54, 1.807) is 14.0 Å².